The van der Waals surface area contributed by atoms with E-state index in [4.69, 9.17) is 11.5 Å². The fourth-order valence-electron chi connectivity index (χ4n) is 2.26. The van der Waals surface area contributed by atoms with E-state index in [1.54, 1.807) is 11.3 Å². The van der Waals surface area contributed by atoms with Crippen molar-refractivity contribution in [1.29, 1.82) is 0 Å². The standard InChI is InChI=1S/C10H17N3S/c1-2-3-6-4-7(11)9-8(5-6)14-10(12)13-9/h6-7H,2-5,11H2,1H3,(H2,12,13). The number of nitrogen functional groups attached to an aromatic ring is 1. The largest absolute Gasteiger partial charge is 0.375 e. The van der Waals surface area contributed by atoms with E-state index in [9.17, 15) is 0 Å². The highest BCUT2D eigenvalue weighted by atomic mass is 32.1. The molecule has 0 aliphatic heterocycles. The predicted octanol–water partition coefficient (Wildman–Crippen LogP) is 2.09. The molecule has 0 amide bonds. The van der Waals surface area contributed by atoms with E-state index < -0.39 is 0 Å². The molecule has 0 saturated heterocycles. The van der Waals surface area contributed by atoms with Crippen LogP contribution in [0.15, 0.2) is 0 Å². The number of rotatable bonds is 2. The zero-order valence-corrected chi connectivity index (χ0v) is 9.31. The van der Waals surface area contributed by atoms with Crippen LogP contribution in [-0.2, 0) is 6.42 Å². The summed E-state index contributed by atoms with van der Waals surface area (Å²) in [6.45, 7) is 2.22. The lowest BCUT2D eigenvalue weighted by Gasteiger charge is -2.25. The van der Waals surface area contributed by atoms with Gasteiger partial charge in [-0.15, -0.1) is 11.3 Å². The van der Waals surface area contributed by atoms with Gasteiger partial charge in [-0.25, -0.2) is 4.98 Å². The van der Waals surface area contributed by atoms with Gasteiger partial charge in [0.1, 0.15) is 0 Å². The maximum absolute atomic E-state index is 6.07. The van der Waals surface area contributed by atoms with Gasteiger partial charge in [-0.3, -0.25) is 0 Å². The Labute approximate surface area is 88.5 Å². The number of hydrogen-bond donors (Lipinski definition) is 2. The smallest absolute Gasteiger partial charge is 0.180 e. The van der Waals surface area contributed by atoms with E-state index in [2.05, 4.69) is 11.9 Å². The summed E-state index contributed by atoms with van der Waals surface area (Å²) in [5.41, 5.74) is 12.8. The first-order valence-corrected chi connectivity index (χ1v) is 6.03. The predicted molar refractivity (Wildman–Crippen MR) is 60.2 cm³/mol. The highest BCUT2D eigenvalue weighted by Gasteiger charge is 2.27. The molecule has 0 bridgehead atoms. The minimum atomic E-state index is 0.115. The minimum Gasteiger partial charge on any atom is -0.375 e. The average Bonchev–Trinajstić information content (AvgIpc) is 2.47. The van der Waals surface area contributed by atoms with Gasteiger partial charge in [0, 0.05) is 10.9 Å². The molecule has 2 atom stereocenters. The Morgan fingerprint density at radius 3 is 3.07 bits per heavy atom. The molecule has 1 aromatic heterocycles. The van der Waals surface area contributed by atoms with Crippen molar-refractivity contribution in [3.63, 3.8) is 0 Å². The lowest BCUT2D eigenvalue weighted by Crippen LogP contribution is -2.23. The number of nitrogens with zero attached hydrogens (tertiary/aromatic N) is 1. The molecule has 1 aliphatic carbocycles. The topological polar surface area (TPSA) is 64.9 Å². The summed E-state index contributed by atoms with van der Waals surface area (Å²) >= 11 is 1.61. The van der Waals surface area contributed by atoms with Gasteiger partial charge in [-0.05, 0) is 18.8 Å². The van der Waals surface area contributed by atoms with Crippen LogP contribution < -0.4 is 11.5 Å². The van der Waals surface area contributed by atoms with Crippen molar-refractivity contribution < 1.29 is 0 Å². The third kappa shape index (κ3) is 1.77. The van der Waals surface area contributed by atoms with Gasteiger partial charge in [0.15, 0.2) is 5.13 Å². The lowest BCUT2D eigenvalue weighted by molar-refractivity contribution is 0.380. The van der Waals surface area contributed by atoms with E-state index in [1.165, 1.54) is 17.7 Å². The Bertz CT molecular complexity index is 321. The van der Waals surface area contributed by atoms with Crippen LogP contribution in [0.3, 0.4) is 0 Å². The first-order chi connectivity index (χ1) is 6.70. The molecule has 1 heterocycles. The molecule has 1 aliphatic rings. The summed E-state index contributed by atoms with van der Waals surface area (Å²) in [6, 6.07) is 0.115. The molecule has 0 saturated carbocycles. The van der Waals surface area contributed by atoms with Crippen LogP contribution in [0, 0.1) is 5.92 Å². The Kier molecular flexibility index (Phi) is 2.74. The van der Waals surface area contributed by atoms with E-state index in [1.807, 2.05) is 0 Å². The maximum Gasteiger partial charge on any atom is 0.180 e. The molecule has 0 fully saturated rings. The Morgan fingerprint density at radius 1 is 1.57 bits per heavy atom. The summed E-state index contributed by atoms with van der Waals surface area (Å²) in [6.07, 6.45) is 4.71. The third-order valence-corrected chi connectivity index (χ3v) is 3.78. The zero-order valence-electron chi connectivity index (χ0n) is 8.49. The second-order valence-corrected chi connectivity index (χ2v) is 5.18. The second-order valence-electron chi connectivity index (χ2n) is 4.06. The number of thiazole rings is 1. The quantitative estimate of drug-likeness (QED) is 0.787. The van der Waals surface area contributed by atoms with Gasteiger partial charge in [0.05, 0.1) is 5.69 Å². The molecule has 0 spiro atoms. The van der Waals surface area contributed by atoms with E-state index in [0.29, 0.717) is 5.13 Å². The van der Waals surface area contributed by atoms with Gasteiger partial charge in [-0.1, -0.05) is 19.8 Å². The SMILES string of the molecule is CCCC1Cc2sc(N)nc2C(N)C1. The second kappa shape index (κ2) is 3.87. The van der Waals surface area contributed by atoms with E-state index >= 15 is 0 Å². The molecule has 0 aromatic carbocycles. The van der Waals surface area contributed by atoms with E-state index in [0.717, 1.165) is 24.5 Å². The molecule has 2 unspecified atom stereocenters. The highest BCUT2D eigenvalue weighted by Crippen LogP contribution is 2.37. The molecule has 0 radical (unpaired) electrons. The van der Waals surface area contributed by atoms with Gasteiger partial charge in [0.2, 0.25) is 0 Å². The number of aromatic nitrogens is 1. The normalized spacial score (nSPS) is 26.1. The highest BCUT2D eigenvalue weighted by molar-refractivity contribution is 7.15. The molecule has 2 rings (SSSR count). The summed E-state index contributed by atoms with van der Waals surface area (Å²) in [4.78, 5) is 5.62. The Balaban J connectivity index is 2.19. The van der Waals surface area contributed by atoms with Crippen LogP contribution in [0.1, 0.15) is 42.8 Å². The molecular formula is C10H17N3S. The van der Waals surface area contributed by atoms with Crippen LogP contribution in [-0.4, -0.2) is 4.98 Å². The molecule has 14 heavy (non-hydrogen) atoms. The molecule has 1 aromatic rings. The first-order valence-electron chi connectivity index (χ1n) is 5.21. The Morgan fingerprint density at radius 2 is 2.36 bits per heavy atom. The summed E-state index contributed by atoms with van der Waals surface area (Å²) < 4.78 is 0. The monoisotopic (exact) mass is 211 g/mol. The third-order valence-electron chi connectivity index (χ3n) is 2.85. The van der Waals surface area contributed by atoms with Crippen LogP contribution in [0.25, 0.3) is 0 Å². The van der Waals surface area contributed by atoms with Crippen LogP contribution in [0.4, 0.5) is 5.13 Å². The van der Waals surface area contributed by atoms with Crippen LogP contribution in [0.2, 0.25) is 0 Å². The summed E-state index contributed by atoms with van der Waals surface area (Å²) in [5.74, 6) is 0.738. The number of nitrogens with two attached hydrogens (primary N) is 2. The molecule has 78 valence electrons. The summed E-state index contributed by atoms with van der Waals surface area (Å²) in [5, 5.41) is 0.669. The van der Waals surface area contributed by atoms with Crippen molar-refractivity contribution in [2.24, 2.45) is 11.7 Å². The van der Waals surface area contributed by atoms with Crippen molar-refractivity contribution in [3.05, 3.63) is 10.6 Å². The maximum atomic E-state index is 6.07. The van der Waals surface area contributed by atoms with Crippen LogP contribution >= 0.6 is 11.3 Å². The molecule has 4 heteroatoms. The van der Waals surface area contributed by atoms with Gasteiger partial charge < -0.3 is 11.5 Å². The average molecular weight is 211 g/mol. The van der Waals surface area contributed by atoms with Gasteiger partial charge in [-0.2, -0.15) is 0 Å². The van der Waals surface area contributed by atoms with Crippen molar-refractivity contribution in [2.75, 3.05) is 5.73 Å². The van der Waals surface area contributed by atoms with Crippen LogP contribution in [0.5, 0.6) is 0 Å². The first kappa shape index (κ1) is 9.93. The van der Waals surface area contributed by atoms with Crippen molar-refractivity contribution in [3.8, 4) is 0 Å². The minimum absolute atomic E-state index is 0.115. The zero-order chi connectivity index (χ0) is 10.1. The fraction of sp³-hybridized carbons (Fsp3) is 0.700. The fourth-order valence-corrected chi connectivity index (χ4v) is 3.28. The molecule has 4 N–H and O–H groups in total. The Hall–Kier alpha value is -0.610. The van der Waals surface area contributed by atoms with Gasteiger partial charge in [0.25, 0.3) is 0 Å². The summed E-state index contributed by atoms with van der Waals surface area (Å²) in [7, 11) is 0. The lowest BCUT2D eigenvalue weighted by atomic mass is 9.85. The van der Waals surface area contributed by atoms with Gasteiger partial charge >= 0.3 is 0 Å². The molecule has 3 nitrogen and oxygen atoms in total. The van der Waals surface area contributed by atoms with Crippen molar-refractivity contribution in [1.82, 2.24) is 4.98 Å². The molecular weight excluding hydrogens is 194 g/mol. The number of hydrogen-bond acceptors (Lipinski definition) is 4. The van der Waals surface area contributed by atoms with Crippen molar-refractivity contribution in [2.45, 2.75) is 38.6 Å². The van der Waals surface area contributed by atoms with E-state index in [-0.39, 0.29) is 6.04 Å². The van der Waals surface area contributed by atoms with Crippen molar-refractivity contribution >= 4 is 16.5 Å². The number of fused-ring (bicyclic) bond motifs is 1. The number of anilines is 1.